The summed E-state index contributed by atoms with van der Waals surface area (Å²) in [6.45, 7) is -2.42. The van der Waals surface area contributed by atoms with E-state index in [1.165, 1.54) is 62.4 Å². The highest BCUT2D eigenvalue weighted by Gasteiger charge is 2.72. The number of rotatable bonds is 13. The van der Waals surface area contributed by atoms with Crippen LogP contribution in [0.1, 0.15) is 51.6 Å². The summed E-state index contributed by atoms with van der Waals surface area (Å²) in [6, 6.07) is 19.4. The lowest BCUT2D eigenvalue weighted by Gasteiger charge is -2.31. The third-order valence-electron chi connectivity index (χ3n) is 8.71. The fraction of sp³-hybridized carbons (Fsp3) is 0.316. The van der Waals surface area contributed by atoms with E-state index >= 15 is 0 Å². The number of esters is 2. The molecule has 0 spiro atoms. The number of carbonyl (C=O) groups is 2. The van der Waals surface area contributed by atoms with Crippen LogP contribution >= 0.6 is 0 Å². The minimum atomic E-state index is -6.30. The van der Waals surface area contributed by atoms with Gasteiger partial charge in [-0.15, -0.1) is 0 Å². The molecule has 5 N–H and O–H groups in total. The predicted octanol–water partition coefficient (Wildman–Crippen LogP) is 9.49. The van der Waals surface area contributed by atoms with Crippen LogP contribution in [0.25, 0.3) is 11.1 Å². The molecule has 4 aromatic rings. The molecule has 0 saturated heterocycles. The van der Waals surface area contributed by atoms with Crippen LogP contribution in [0.2, 0.25) is 0 Å². The van der Waals surface area contributed by atoms with Crippen LogP contribution in [0, 0.1) is 0 Å². The Balaban J connectivity index is 1.67. The Bertz CT molecular complexity index is 2090. The summed E-state index contributed by atoms with van der Waals surface area (Å²) in [7, 11) is 0. The Morgan fingerprint density at radius 3 is 1.46 bits per heavy atom. The number of anilines is 2. The molecule has 0 aromatic heterocycles. The lowest BCUT2D eigenvalue weighted by atomic mass is 9.91. The van der Waals surface area contributed by atoms with Crippen molar-refractivity contribution in [2.75, 3.05) is 24.3 Å². The minimum Gasteiger partial charge on any atom is -0.458 e. The molecule has 0 aliphatic heterocycles. The van der Waals surface area contributed by atoms with E-state index in [0.29, 0.717) is 22.9 Å². The molecule has 0 aliphatic carbocycles. The van der Waals surface area contributed by atoms with Crippen LogP contribution in [0.5, 0.6) is 11.5 Å². The second kappa shape index (κ2) is 16.9. The molecule has 0 unspecified atom stereocenters. The molecular formula is C38H32F12N2O7. The van der Waals surface area contributed by atoms with Gasteiger partial charge in [-0.2, -0.15) is 52.7 Å². The van der Waals surface area contributed by atoms with E-state index in [2.05, 4.69) is 14.8 Å². The number of aliphatic hydroxyl groups is 2. The number of nitrogens with one attached hydrogen (secondary N) is 1. The quantitative estimate of drug-likeness (QED) is 0.0588. The maximum Gasteiger partial charge on any atom is 0.429 e. The minimum absolute atomic E-state index is 0.0260. The number of alkyl halides is 12. The molecule has 21 heteroatoms. The number of benzene rings is 4. The van der Waals surface area contributed by atoms with Gasteiger partial charge in [0, 0.05) is 17.9 Å². The van der Waals surface area contributed by atoms with Crippen molar-refractivity contribution in [1.82, 2.24) is 0 Å². The number of ether oxygens (including phenoxy) is 3. The molecule has 0 fully saturated rings. The van der Waals surface area contributed by atoms with Crippen molar-refractivity contribution in [3.05, 3.63) is 107 Å². The highest BCUT2D eigenvalue weighted by molar-refractivity contribution is 5.93. The van der Waals surface area contributed by atoms with Gasteiger partial charge in [-0.25, -0.2) is 9.59 Å². The van der Waals surface area contributed by atoms with Gasteiger partial charge in [0.15, 0.2) is 0 Å². The Hall–Kier alpha value is -5.70. The third-order valence-corrected chi connectivity index (χ3v) is 8.71. The summed E-state index contributed by atoms with van der Waals surface area (Å²) in [5.41, 5.74) is -5.00. The Kier molecular flexibility index (Phi) is 13.2. The van der Waals surface area contributed by atoms with Gasteiger partial charge in [-0.05, 0) is 94.9 Å². The van der Waals surface area contributed by atoms with Crippen molar-refractivity contribution in [3.8, 4) is 22.6 Å². The van der Waals surface area contributed by atoms with Gasteiger partial charge in [0.2, 0.25) is 0 Å². The smallest absolute Gasteiger partial charge is 0.429 e. The molecule has 0 radical (unpaired) electrons. The first-order valence-corrected chi connectivity index (χ1v) is 16.8. The average molecular weight is 857 g/mol. The topological polar surface area (TPSA) is 140 Å². The van der Waals surface area contributed by atoms with E-state index in [4.69, 9.17) is 10.5 Å². The molecular weight excluding hydrogens is 824 g/mol. The summed E-state index contributed by atoms with van der Waals surface area (Å²) in [5.74, 6) is -3.18. The number of hydrogen-bond acceptors (Lipinski definition) is 9. The highest BCUT2D eigenvalue weighted by Crippen LogP contribution is 2.45. The number of nitrogen functional groups attached to an aromatic ring is 1. The molecule has 0 amide bonds. The molecule has 4 rings (SSSR count). The molecule has 0 bridgehead atoms. The fourth-order valence-electron chi connectivity index (χ4n) is 5.18. The van der Waals surface area contributed by atoms with Gasteiger partial charge >= 0.3 is 36.6 Å². The molecule has 0 saturated carbocycles. The van der Waals surface area contributed by atoms with E-state index in [1.54, 1.807) is 24.3 Å². The monoisotopic (exact) mass is 856 g/mol. The second-order valence-electron chi connectivity index (χ2n) is 13.2. The fourth-order valence-corrected chi connectivity index (χ4v) is 5.18. The number of carbonyl (C=O) groups excluding carboxylic acids is 2. The van der Waals surface area contributed by atoms with E-state index in [-0.39, 0.29) is 28.8 Å². The molecule has 59 heavy (non-hydrogen) atoms. The standard InChI is InChI=1S/C38H32F12N2O7/c1-20(2)30-16-22(4-14-29(30)32(54)58-19-34(56,37(45,46)47)38(48,49)50)21-3-13-28(31(53)57-18-33(55,35(39,40)41)36(42,43)44)23(15-21)17-52-25-7-11-27(12-8-25)59-26-9-5-24(51)6-10-26/h3-16,20,52,55-56H,17-19,51H2,1-2H3. The first-order valence-electron chi connectivity index (χ1n) is 16.8. The molecule has 4 aromatic carbocycles. The largest absolute Gasteiger partial charge is 0.458 e. The van der Waals surface area contributed by atoms with E-state index in [1.807, 2.05) is 0 Å². The zero-order valence-corrected chi connectivity index (χ0v) is 30.3. The third kappa shape index (κ3) is 10.3. The van der Waals surface area contributed by atoms with Crippen LogP contribution in [-0.2, 0) is 16.0 Å². The van der Waals surface area contributed by atoms with Crippen LogP contribution in [-0.4, -0.2) is 71.3 Å². The van der Waals surface area contributed by atoms with E-state index < -0.39 is 78.1 Å². The maximum atomic E-state index is 13.3. The molecule has 0 atom stereocenters. The summed E-state index contributed by atoms with van der Waals surface area (Å²) in [5, 5.41) is 21.8. The van der Waals surface area contributed by atoms with Crippen LogP contribution in [0.3, 0.4) is 0 Å². The van der Waals surface area contributed by atoms with Crippen molar-refractivity contribution >= 4 is 23.3 Å². The summed E-state index contributed by atoms with van der Waals surface area (Å²) in [4.78, 5) is 25.8. The molecule has 0 heterocycles. The lowest BCUT2D eigenvalue weighted by Crippen LogP contribution is -2.60. The SMILES string of the molecule is CC(C)c1cc(-c2ccc(C(=O)OCC(O)(C(F)(F)F)C(F)(F)F)c(CNc3ccc(Oc4ccc(N)cc4)cc3)c2)ccc1C(=O)OCC(O)(C(F)(F)F)C(F)(F)F. The predicted molar refractivity (Wildman–Crippen MR) is 185 cm³/mol. The first-order chi connectivity index (χ1) is 27.1. The summed E-state index contributed by atoms with van der Waals surface area (Å²) >= 11 is 0. The summed E-state index contributed by atoms with van der Waals surface area (Å²) < 4.78 is 173. The average Bonchev–Trinajstić information content (AvgIpc) is 3.14. The molecule has 9 nitrogen and oxygen atoms in total. The van der Waals surface area contributed by atoms with Crippen molar-refractivity contribution in [1.29, 1.82) is 0 Å². The van der Waals surface area contributed by atoms with E-state index in [0.717, 1.165) is 12.1 Å². The van der Waals surface area contributed by atoms with E-state index in [9.17, 15) is 72.5 Å². The zero-order chi connectivity index (χ0) is 44.4. The van der Waals surface area contributed by atoms with Crippen molar-refractivity contribution in [3.63, 3.8) is 0 Å². The second-order valence-corrected chi connectivity index (χ2v) is 13.2. The Morgan fingerprint density at radius 2 is 1.02 bits per heavy atom. The van der Waals surface area contributed by atoms with Gasteiger partial charge in [0.05, 0.1) is 11.1 Å². The van der Waals surface area contributed by atoms with Gasteiger partial charge in [-0.3, -0.25) is 0 Å². The van der Waals surface area contributed by atoms with Crippen molar-refractivity contribution in [2.45, 2.75) is 62.2 Å². The Labute approximate surface area is 326 Å². The lowest BCUT2D eigenvalue weighted by molar-refractivity contribution is -0.375. The van der Waals surface area contributed by atoms with Gasteiger partial charge in [-0.1, -0.05) is 32.0 Å². The van der Waals surface area contributed by atoms with Crippen LogP contribution in [0.4, 0.5) is 64.1 Å². The van der Waals surface area contributed by atoms with Crippen LogP contribution < -0.4 is 15.8 Å². The zero-order valence-electron chi connectivity index (χ0n) is 30.3. The van der Waals surface area contributed by atoms with Gasteiger partial charge in [0.1, 0.15) is 24.7 Å². The Morgan fingerprint density at radius 1 is 0.610 bits per heavy atom. The first kappa shape index (κ1) is 46.0. The maximum absolute atomic E-state index is 13.3. The molecule has 0 aliphatic rings. The summed E-state index contributed by atoms with van der Waals surface area (Å²) in [6.07, 6.45) is -25.1. The highest BCUT2D eigenvalue weighted by atomic mass is 19.4. The number of halogens is 12. The number of hydrogen-bond donors (Lipinski definition) is 4. The van der Waals surface area contributed by atoms with Crippen molar-refractivity contribution in [2.24, 2.45) is 0 Å². The van der Waals surface area contributed by atoms with Crippen molar-refractivity contribution < 1.29 is 86.7 Å². The normalized spacial score (nSPS) is 13.0. The van der Waals surface area contributed by atoms with Gasteiger partial charge in [0.25, 0.3) is 11.2 Å². The van der Waals surface area contributed by atoms with Gasteiger partial charge < -0.3 is 35.5 Å². The molecule has 320 valence electrons. The van der Waals surface area contributed by atoms with Crippen LogP contribution in [0.15, 0.2) is 84.9 Å². The number of nitrogens with two attached hydrogens (primary N) is 1.